The van der Waals surface area contributed by atoms with Crippen LogP contribution in [0.1, 0.15) is 71.4 Å². The van der Waals surface area contributed by atoms with E-state index in [1.165, 1.54) is 19.3 Å². The molecule has 168 valence electrons. The predicted molar refractivity (Wildman–Crippen MR) is 125 cm³/mol. The predicted octanol–water partition coefficient (Wildman–Crippen LogP) is 5.09. The van der Waals surface area contributed by atoms with Crippen molar-refractivity contribution >= 4 is 17.5 Å². The van der Waals surface area contributed by atoms with Crippen LogP contribution in [0, 0.1) is 43.9 Å². The van der Waals surface area contributed by atoms with E-state index < -0.39 is 0 Å². The Labute approximate surface area is 190 Å². The van der Waals surface area contributed by atoms with Gasteiger partial charge < -0.3 is 10.6 Å². The lowest BCUT2D eigenvalue weighted by atomic mass is 9.49. The van der Waals surface area contributed by atoms with Gasteiger partial charge in [-0.3, -0.25) is 14.6 Å². The largest absolute Gasteiger partial charge is 0.352 e. The molecule has 0 unspecified atom stereocenters. The van der Waals surface area contributed by atoms with E-state index in [0.717, 1.165) is 65.2 Å². The maximum atomic E-state index is 13.2. The summed E-state index contributed by atoms with van der Waals surface area (Å²) in [4.78, 5) is 30.3. The van der Waals surface area contributed by atoms with Crippen molar-refractivity contribution in [3.05, 3.63) is 58.4 Å². The van der Waals surface area contributed by atoms with Gasteiger partial charge in [0.2, 0.25) is 5.91 Å². The van der Waals surface area contributed by atoms with E-state index in [1.807, 2.05) is 51.1 Å². The van der Waals surface area contributed by atoms with Gasteiger partial charge in [-0.25, -0.2) is 0 Å². The molecule has 4 bridgehead atoms. The van der Waals surface area contributed by atoms with Crippen molar-refractivity contribution in [1.82, 2.24) is 10.3 Å². The molecule has 5 nitrogen and oxygen atoms in total. The molecule has 0 saturated heterocycles. The van der Waals surface area contributed by atoms with Gasteiger partial charge in [-0.1, -0.05) is 12.1 Å². The van der Waals surface area contributed by atoms with E-state index in [0.29, 0.717) is 12.1 Å². The molecule has 2 N–H and O–H groups in total. The van der Waals surface area contributed by atoms with Crippen LogP contribution >= 0.6 is 0 Å². The number of benzene rings is 1. The first-order chi connectivity index (χ1) is 15.3. The molecule has 1 aromatic heterocycles. The van der Waals surface area contributed by atoms with Crippen LogP contribution in [0.4, 0.5) is 5.69 Å². The van der Waals surface area contributed by atoms with Crippen LogP contribution < -0.4 is 10.6 Å². The Kier molecular flexibility index (Phi) is 5.31. The molecule has 0 aliphatic heterocycles. The smallest absolute Gasteiger partial charge is 0.255 e. The first kappa shape index (κ1) is 21.2. The van der Waals surface area contributed by atoms with Crippen LogP contribution in [0.3, 0.4) is 0 Å². The number of aromatic nitrogens is 1. The SMILES string of the molecule is Cc1cc(C)c(NC(=O)c2ccc(CNC(=O)C34CC5CC(CC(C5)C3)C4)cc2)c(C)n1. The highest BCUT2D eigenvalue weighted by atomic mass is 16.2. The number of amides is 2. The molecule has 32 heavy (non-hydrogen) atoms. The molecule has 2 amide bonds. The Balaban J connectivity index is 1.20. The van der Waals surface area contributed by atoms with Gasteiger partial charge >= 0.3 is 0 Å². The zero-order chi connectivity index (χ0) is 22.5. The number of rotatable bonds is 5. The summed E-state index contributed by atoms with van der Waals surface area (Å²) in [5, 5.41) is 6.21. The zero-order valence-corrected chi connectivity index (χ0v) is 19.3. The number of carbonyl (C=O) groups excluding carboxylic acids is 2. The Bertz CT molecular complexity index is 999. The minimum Gasteiger partial charge on any atom is -0.352 e. The van der Waals surface area contributed by atoms with Gasteiger partial charge in [0.1, 0.15) is 0 Å². The summed E-state index contributed by atoms with van der Waals surface area (Å²) in [6.07, 6.45) is 7.26. The van der Waals surface area contributed by atoms with Gasteiger partial charge in [0.25, 0.3) is 5.91 Å². The van der Waals surface area contributed by atoms with Crippen molar-refractivity contribution in [2.45, 2.75) is 65.8 Å². The normalized spacial score (nSPS) is 27.9. The van der Waals surface area contributed by atoms with Gasteiger partial charge in [-0.15, -0.1) is 0 Å². The van der Waals surface area contributed by atoms with E-state index in [2.05, 4.69) is 15.6 Å². The molecule has 4 aliphatic rings. The Morgan fingerprint density at radius 2 is 1.56 bits per heavy atom. The van der Waals surface area contributed by atoms with Gasteiger partial charge in [0.15, 0.2) is 0 Å². The number of hydrogen-bond acceptors (Lipinski definition) is 3. The highest BCUT2D eigenvalue weighted by molar-refractivity contribution is 6.05. The average molecular weight is 432 g/mol. The van der Waals surface area contributed by atoms with Gasteiger partial charge in [-0.05, 0) is 106 Å². The molecule has 2 aromatic rings. The molecular weight excluding hydrogens is 398 g/mol. The maximum absolute atomic E-state index is 13.2. The van der Waals surface area contributed by atoms with Gasteiger partial charge in [-0.2, -0.15) is 0 Å². The van der Waals surface area contributed by atoms with Crippen molar-refractivity contribution in [1.29, 1.82) is 0 Å². The Hall–Kier alpha value is -2.69. The van der Waals surface area contributed by atoms with E-state index in [4.69, 9.17) is 0 Å². The number of hydrogen-bond donors (Lipinski definition) is 2. The fourth-order valence-corrected chi connectivity index (χ4v) is 6.93. The average Bonchev–Trinajstić information content (AvgIpc) is 2.73. The fourth-order valence-electron chi connectivity index (χ4n) is 6.93. The lowest BCUT2D eigenvalue weighted by molar-refractivity contribution is -0.146. The van der Waals surface area contributed by atoms with Crippen LogP contribution in [0.15, 0.2) is 30.3 Å². The molecule has 0 atom stereocenters. The fraction of sp³-hybridized carbons (Fsp3) is 0.519. The first-order valence-electron chi connectivity index (χ1n) is 11.9. The van der Waals surface area contributed by atoms with Gasteiger partial charge in [0.05, 0.1) is 11.4 Å². The molecule has 4 fully saturated rings. The number of aryl methyl sites for hydroxylation is 3. The standard InChI is InChI=1S/C27H33N3O2/c1-16-8-17(2)29-18(3)24(16)30-25(31)23-6-4-19(5-7-23)15-28-26(32)27-12-20-9-21(13-27)11-22(10-20)14-27/h4-8,20-22H,9-15H2,1-3H3,(H,28,32)(H,30,31). The molecule has 5 heteroatoms. The Morgan fingerprint density at radius 3 is 2.12 bits per heavy atom. The summed E-state index contributed by atoms with van der Waals surface area (Å²) in [5.41, 5.74) is 5.04. The van der Waals surface area contributed by atoms with Crippen molar-refractivity contribution in [2.75, 3.05) is 5.32 Å². The number of pyridine rings is 1. The van der Waals surface area contributed by atoms with Crippen molar-refractivity contribution in [3.63, 3.8) is 0 Å². The molecular formula is C27H33N3O2. The minimum atomic E-state index is -0.147. The summed E-state index contributed by atoms with van der Waals surface area (Å²) in [6.45, 7) is 6.35. The third-order valence-electron chi connectivity index (χ3n) is 7.95. The van der Waals surface area contributed by atoms with Gasteiger partial charge in [0, 0.05) is 23.2 Å². The molecule has 4 saturated carbocycles. The Morgan fingerprint density at radius 1 is 0.969 bits per heavy atom. The molecule has 0 radical (unpaired) electrons. The minimum absolute atomic E-state index is 0.119. The van der Waals surface area contributed by atoms with Crippen molar-refractivity contribution in [3.8, 4) is 0 Å². The van der Waals surface area contributed by atoms with E-state index >= 15 is 0 Å². The number of nitrogens with zero attached hydrogens (tertiary/aromatic N) is 1. The van der Waals surface area contributed by atoms with E-state index in [9.17, 15) is 9.59 Å². The van der Waals surface area contributed by atoms with Crippen LogP contribution in [0.2, 0.25) is 0 Å². The summed E-state index contributed by atoms with van der Waals surface area (Å²) < 4.78 is 0. The van der Waals surface area contributed by atoms with E-state index in [-0.39, 0.29) is 17.2 Å². The summed E-state index contributed by atoms with van der Waals surface area (Å²) in [5.74, 6) is 2.39. The second kappa shape index (κ2) is 8.02. The highest BCUT2D eigenvalue weighted by Gasteiger charge is 2.54. The third kappa shape index (κ3) is 3.94. The molecule has 1 heterocycles. The molecule has 0 spiro atoms. The van der Waals surface area contributed by atoms with Crippen LogP contribution in [-0.4, -0.2) is 16.8 Å². The van der Waals surface area contributed by atoms with Crippen molar-refractivity contribution < 1.29 is 9.59 Å². The molecule has 6 rings (SSSR count). The highest BCUT2D eigenvalue weighted by Crippen LogP contribution is 2.60. The third-order valence-corrected chi connectivity index (χ3v) is 7.95. The molecule has 1 aromatic carbocycles. The molecule has 4 aliphatic carbocycles. The topological polar surface area (TPSA) is 71.1 Å². The monoisotopic (exact) mass is 431 g/mol. The van der Waals surface area contributed by atoms with Crippen LogP contribution in [-0.2, 0) is 11.3 Å². The van der Waals surface area contributed by atoms with Crippen LogP contribution in [0.5, 0.6) is 0 Å². The maximum Gasteiger partial charge on any atom is 0.255 e. The van der Waals surface area contributed by atoms with Crippen molar-refractivity contribution in [2.24, 2.45) is 23.2 Å². The quantitative estimate of drug-likeness (QED) is 0.693. The summed E-state index contributed by atoms with van der Waals surface area (Å²) in [7, 11) is 0. The summed E-state index contributed by atoms with van der Waals surface area (Å²) in [6, 6.07) is 9.49. The lowest BCUT2D eigenvalue weighted by Gasteiger charge is -2.55. The second-order valence-electron chi connectivity index (χ2n) is 10.6. The summed E-state index contributed by atoms with van der Waals surface area (Å²) >= 11 is 0. The number of carbonyl (C=O) groups is 2. The van der Waals surface area contributed by atoms with Crippen LogP contribution in [0.25, 0.3) is 0 Å². The first-order valence-corrected chi connectivity index (χ1v) is 11.9. The zero-order valence-electron chi connectivity index (χ0n) is 19.3. The number of anilines is 1. The van der Waals surface area contributed by atoms with E-state index in [1.54, 1.807) is 0 Å². The second-order valence-corrected chi connectivity index (χ2v) is 10.6. The number of nitrogens with one attached hydrogen (secondary N) is 2. The lowest BCUT2D eigenvalue weighted by Crippen LogP contribution is -2.53.